The summed E-state index contributed by atoms with van der Waals surface area (Å²) in [5.74, 6) is 0.120. The van der Waals surface area contributed by atoms with Crippen molar-refractivity contribution < 1.29 is 40.6 Å². The van der Waals surface area contributed by atoms with E-state index in [9.17, 15) is 4.79 Å². The van der Waals surface area contributed by atoms with Crippen molar-refractivity contribution in [2.75, 3.05) is 13.6 Å². The summed E-state index contributed by atoms with van der Waals surface area (Å²) in [7, 11) is 1.75. The maximum Gasteiger partial charge on any atom is 3.00 e. The second-order valence-corrected chi connectivity index (χ2v) is 1.50. The summed E-state index contributed by atoms with van der Waals surface area (Å²) in [5.41, 5.74) is 0. The van der Waals surface area contributed by atoms with Crippen molar-refractivity contribution in [3.05, 3.63) is 12.2 Å². The predicted octanol–water partition coefficient (Wildman–Crippen LogP) is -8.64. The van der Waals surface area contributed by atoms with E-state index in [4.69, 9.17) is 0 Å². The van der Waals surface area contributed by atoms with E-state index < -0.39 is 0 Å². The van der Waals surface area contributed by atoms with E-state index in [1.165, 1.54) is 0 Å². The Kier molecular flexibility index (Phi) is 55.6. The molecule has 2 nitrogen and oxygen atoms in total. The minimum Gasteiger partial charge on any atom is -1.00 e. The summed E-state index contributed by atoms with van der Waals surface area (Å²) >= 11 is 0. The van der Waals surface area contributed by atoms with Crippen molar-refractivity contribution >= 4 is 5.78 Å². The summed E-state index contributed by atoms with van der Waals surface area (Å²) in [4.78, 5) is 10.5. The fraction of sp³-hybridized carbons (Fsp3) is 0.500. The molecule has 0 unspecified atom stereocenters. The van der Waals surface area contributed by atoms with Crippen LogP contribution in [0.5, 0.6) is 0 Å². The zero-order valence-corrected chi connectivity index (χ0v) is 8.47. The number of likely N-dealkylation sites (N-methyl/N-ethyl adjacent to an activating group) is 1. The molecule has 0 aliphatic carbocycles. The minimum absolute atomic E-state index is 0. The number of hydrogen-bond acceptors (Lipinski definition) is 2. The van der Waals surface area contributed by atoms with Gasteiger partial charge in [0, 0.05) is 0 Å². The van der Waals surface area contributed by atoms with Gasteiger partial charge in [-0.2, -0.15) is 0 Å². The molecule has 0 heterocycles. The first kappa shape index (κ1) is 29.7. The number of hydrogen-bond donors (Lipinski definition) is 1. The molecule has 0 atom stereocenters. The largest absolute Gasteiger partial charge is 3.00 e. The van der Waals surface area contributed by atoms with Crippen molar-refractivity contribution in [2.45, 2.75) is 6.92 Å². The molecule has 12 heavy (non-hydrogen) atoms. The number of carbonyl (C=O) groups excluding carboxylic acids is 1. The topological polar surface area (TPSA) is 29.1 Å². The van der Waals surface area contributed by atoms with Crippen LogP contribution in [-0.2, 0) is 26.5 Å². The molecule has 0 saturated carbocycles. The normalized spacial score (nSPS) is 6.83. The van der Waals surface area contributed by atoms with Crippen LogP contribution in [0.15, 0.2) is 12.2 Å². The Balaban J connectivity index is -0.0000000408. The maximum atomic E-state index is 10.5. The molecule has 0 aromatic carbocycles. The molecule has 0 aromatic rings. The number of rotatable bonds is 3. The third-order valence-corrected chi connectivity index (χ3v) is 0.704. The van der Waals surface area contributed by atoms with E-state index in [-0.39, 0.29) is 41.6 Å². The van der Waals surface area contributed by atoms with Gasteiger partial charge in [0.05, 0.1) is 6.54 Å². The molecule has 0 fully saturated rings. The zero-order chi connectivity index (χ0) is 6.41. The van der Waals surface area contributed by atoms with E-state index in [0.717, 1.165) is 0 Å². The molecule has 0 aromatic heterocycles. The van der Waals surface area contributed by atoms with Crippen LogP contribution in [0.3, 0.4) is 0 Å². The van der Waals surface area contributed by atoms with Crippen LogP contribution in [0.25, 0.3) is 0 Å². The van der Waals surface area contributed by atoms with Crippen LogP contribution in [-0.4, -0.2) is 19.4 Å². The third kappa shape index (κ3) is 22.5. The summed E-state index contributed by atoms with van der Waals surface area (Å²) in [6.07, 6.45) is 3.29. The number of ketones is 1. The molecule has 6 heteroatoms. The van der Waals surface area contributed by atoms with Crippen molar-refractivity contribution in [1.82, 2.24) is 5.32 Å². The van der Waals surface area contributed by atoms with Gasteiger partial charge < -0.3 is 19.4 Å². The molecule has 0 rings (SSSR count). The number of halogens is 3. The van der Waals surface area contributed by atoms with Crippen molar-refractivity contribution in [3.8, 4) is 0 Å². The fourth-order valence-corrected chi connectivity index (χ4v) is 0.419. The molecule has 0 aliphatic rings. The Labute approximate surface area is 84.8 Å². The maximum absolute atomic E-state index is 10.5. The second-order valence-electron chi connectivity index (χ2n) is 1.50. The molecular formula is C6H11F3NOTi. The SMILES string of the molecule is CC=CC(=O)CNC.[F-].[F-].[F-].[Ti+3]. The monoisotopic (exact) mass is 218 g/mol. The molecule has 1 radical (unpaired) electrons. The second kappa shape index (κ2) is 22.4. The standard InChI is InChI=1S/C6H11NO.3FH.Ti/c1-3-4-6(8)5-7-2;;;;/h3-4,7H,5H2,1-2H3;3*1H;/q;;;;+3/p-3. The summed E-state index contributed by atoms with van der Waals surface area (Å²) in [5, 5.41) is 2.75. The van der Waals surface area contributed by atoms with Gasteiger partial charge in [-0.3, -0.25) is 4.79 Å². The molecular weight excluding hydrogens is 207 g/mol. The fourth-order valence-electron chi connectivity index (χ4n) is 0.419. The van der Waals surface area contributed by atoms with Gasteiger partial charge in [-0.05, 0) is 20.0 Å². The van der Waals surface area contributed by atoms with E-state index in [2.05, 4.69) is 5.32 Å². The molecule has 0 aliphatic heterocycles. The van der Waals surface area contributed by atoms with Gasteiger partial charge in [-0.1, -0.05) is 6.08 Å². The Morgan fingerprint density at radius 3 is 2.00 bits per heavy atom. The molecule has 71 valence electrons. The predicted molar refractivity (Wildman–Crippen MR) is 33.7 cm³/mol. The smallest absolute Gasteiger partial charge is 1.00 e. The Bertz CT molecular complexity index is 111. The van der Waals surface area contributed by atoms with Crippen LogP contribution >= 0.6 is 0 Å². The first-order chi connectivity index (χ1) is 3.81. The molecule has 0 bridgehead atoms. The van der Waals surface area contributed by atoms with Crippen LogP contribution in [0.2, 0.25) is 0 Å². The first-order valence-corrected chi connectivity index (χ1v) is 2.61. The van der Waals surface area contributed by atoms with Gasteiger partial charge in [-0.25, -0.2) is 0 Å². The van der Waals surface area contributed by atoms with E-state index in [0.29, 0.717) is 6.54 Å². The first-order valence-electron chi connectivity index (χ1n) is 2.61. The van der Waals surface area contributed by atoms with E-state index in [1.807, 2.05) is 6.92 Å². The van der Waals surface area contributed by atoms with Gasteiger partial charge in [0.1, 0.15) is 0 Å². The quantitative estimate of drug-likeness (QED) is 0.376. The van der Waals surface area contributed by atoms with Gasteiger partial charge in [0.15, 0.2) is 5.78 Å². The van der Waals surface area contributed by atoms with Crippen LogP contribution in [0.1, 0.15) is 6.92 Å². The van der Waals surface area contributed by atoms with E-state index >= 15 is 0 Å². The zero-order valence-electron chi connectivity index (χ0n) is 6.90. The average Bonchev–Trinajstić information content (AvgIpc) is 1.68. The van der Waals surface area contributed by atoms with Crippen molar-refractivity contribution in [3.63, 3.8) is 0 Å². The number of nitrogens with one attached hydrogen (secondary N) is 1. The van der Waals surface area contributed by atoms with Gasteiger partial charge in [0.25, 0.3) is 0 Å². The Morgan fingerprint density at radius 1 is 1.33 bits per heavy atom. The van der Waals surface area contributed by atoms with Crippen molar-refractivity contribution in [2.24, 2.45) is 0 Å². The summed E-state index contributed by atoms with van der Waals surface area (Å²) < 4.78 is 0. The third-order valence-electron chi connectivity index (χ3n) is 0.704. The van der Waals surface area contributed by atoms with Gasteiger partial charge >= 0.3 is 21.7 Å². The molecule has 0 amide bonds. The average molecular weight is 218 g/mol. The van der Waals surface area contributed by atoms with E-state index in [1.54, 1.807) is 19.2 Å². The molecule has 0 saturated heterocycles. The van der Waals surface area contributed by atoms with Gasteiger partial charge in [0.2, 0.25) is 0 Å². The minimum atomic E-state index is 0. The Hall–Kier alpha value is -0.126. The summed E-state index contributed by atoms with van der Waals surface area (Å²) in [6.45, 7) is 2.26. The number of allylic oxidation sites excluding steroid dienone is 1. The Morgan fingerprint density at radius 2 is 1.75 bits per heavy atom. The summed E-state index contributed by atoms with van der Waals surface area (Å²) in [6, 6.07) is 0. The number of carbonyl (C=O) groups is 1. The van der Waals surface area contributed by atoms with Crippen molar-refractivity contribution in [1.29, 1.82) is 0 Å². The van der Waals surface area contributed by atoms with Crippen LogP contribution in [0.4, 0.5) is 0 Å². The van der Waals surface area contributed by atoms with Gasteiger partial charge in [-0.15, -0.1) is 0 Å². The van der Waals surface area contributed by atoms with Crippen LogP contribution < -0.4 is 19.4 Å². The molecule has 1 N–H and O–H groups in total. The van der Waals surface area contributed by atoms with Crippen LogP contribution in [0, 0.1) is 0 Å². The molecule has 0 spiro atoms.